The molecule has 3 rings (SSSR count). The van der Waals surface area contributed by atoms with E-state index in [2.05, 4.69) is 15.3 Å². The first-order valence-corrected chi connectivity index (χ1v) is 6.44. The van der Waals surface area contributed by atoms with E-state index in [-0.39, 0.29) is 11.8 Å². The fourth-order valence-corrected chi connectivity index (χ4v) is 2.28. The van der Waals surface area contributed by atoms with Crippen LogP contribution in [0, 0.1) is 5.82 Å². The summed E-state index contributed by atoms with van der Waals surface area (Å²) in [7, 11) is 3.35. The first kappa shape index (κ1) is 13.3. The van der Waals surface area contributed by atoms with Gasteiger partial charge in [-0.15, -0.1) is 0 Å². The largest absolute Gasteiger partial charge is 0.357 e. The smallest absolute Gasteiger partial charge is 0.330 e. The minimum absolute atomic E-state index is 0.256. The van der Waals surface area contributed by atoms with Gasteiger partial charge in [-0.25, -0.2) is 14.2 Å². The zero-order valence-electron chi connectivity index (χ0n) is 11.7. The SMILES string of the molecule is CNc1ncc2c(n1)N(C)C(=O)N(c1cccc(F)c1)C2. The molecule has 0 radical (unpaired) electrons. The number of urea groups is 1. The molecule has 0 aliphatic carbocycles. The van der Waals surface area contributed by atoms with Gasteiger partial charge in [0.25, 0.3) is 0 Å². The number of carbonyl (C=O) groups excluding carboxylic acids is 1. The summed E-state index contributed by atoms with van der Waals surface area (Å²) < 4.78 is 13.4. The van der Waals surface area contributed by atoms with Gasteiger partial charge in [0.1, 0.15) is 11.6 Å². The van der Waals surface area contributed by atoms with Crippen molar-refractivity contribution in [2.45, 2.75) is 6.54 Å². The standard InChI is InChI=1S/C14H14FN5O/c1-16-13-17-7-9-8-20(11-5-3-4-10(15)6-11)14(21)19(2)12(9)18-13/h3-7H,8H2,1-2H3,(H,16,17,18). The van der Waals surface area contributed by atoms with Gasteiger partial charge in [0.2, 0.25) is 5.95 Å². The molecule has 6 nitrogen and oxygen atoms in total. The van der Waals surface area contributed by atoms with Gasteiger partial charge in [0.05, 0.1) is 6.54 Å². The van der Waals surface area contributed by atoms with Gasteiger partial charge in [-0.3, -0.25) is 9.80 Å². The molecule has 2 amide bonds. The number of hydrogen-bond donors (Lipinski definition) is 1. The van der Waals surface area contributed by atoms with E-state index in [1.54, 1.807) is 32.4 Å². The normalized spacial score (nSPS) is 14.1. The van der Waals surface area contributed by atoms with E-state index in [4.69, 9.17) is 0 Å². The van der Waals surface area contributed by atoms with Gasteiger partial charge in [-0.1, -0.05) is 6.07 Å². The second-order valence-electron chi connectivity index (χ2n) is 4.70. The molecule has 7 heteroatoms. The van der Waals surface area contributed by atoms with Gasteiger partial charge < -0.3 is 5.32 Å². The van der Waals surface area contributed by atoms with Crippen molar-refractivity contribution in [2.75, 3.05) is 29.2 Å². The molecule has 21 heavy (non-hydrogen) atoms. The van der Waals surface area contributed by atoms with E-state index < -0.39 is 0 Å². The van der Waals surface area contributed by atoms with Crippen molar-refractivity contribution in [3.05, 3.63) is 41.8 Å². The first-order valence-electron chi connectivity index (χ1n) is 6.44. The Morgan fingerprint density at radius 1 is 1.38 bits per heavy atom. The molecule has 2 heterocycles. The van der Waals surface area contributed by atoms with Gasteiger partial charge in [-0.05, 0) is 18.2 Å². The van der Waals surface area contributed by atoms with E-state index in [0.717, 1.165) is 5.56 Å². The Labute approximate surface area is 121 Å². The van der Waals surface area contributed by atoms with Crippen LogP contribution in [-0.4, -0.2) is 30.1 Å². The van der Waals surface area contributed by atoms with Crippen molar-refractivity contribution in [2.24, 2.45) is 0 Å². The van der Waals surface area contributed by atoms with Crippen molar-refractivity contribution in [3.8, 4) is 0 Å². The number of rotatable bonds is 2. The molecule has 0 unspecified atom stereocenters. The van der Waals surface area contributed by atoms with Crippen LogP contribution in [0.5, 0.6) is 0 Å². The molecule has 1 aromatic heterocycles. The summed E-state index contributed by atoms with van der Waals surface area (Å²) in [6, 6.07) is 5.70. The van der Waals surface area contributed by atoms with E-state index in [9.17, 15) is 9.18 Å². The Morgan fingerprint density at radius 3 is 2.90 bits per heavy atom. The summed E-state index contributed by atoms with van der Waals surface area (Å²) >= 11 is 0. The summed E-state index contributed by atoms with van der Waals surface area (Å²) in [6.45, 7) is 0.311. The summed E-state index contributed by atoms with van der Waals surface area (Å²) in [5.41, 5.74) is 1.32. The summed E-state index contributed by atoms with van der Waals surface area (Å²) in [5.74, 6) is 0.634. The number of aromatic nitrogens is 2. The molecular formula is C14H14FN5O. The highest BCUT2D eigenvalue weighted by Crippen LogP contribution is 2.29. The number of halogens is 1. The maximum atomic E-state index is 13.4. The zero-order valence-corrected chi connectivity index (χ0v) is 11.7. The van der Waals surface area contributed by atoms with Crippen LogP contribution in [0.4, 0.5) is 26.6 Å². The van der Waals surface area contributed by atoms with Crippen LogP contribution < -0.4 is 15.1 Å². The maximum Gasteiger partial charge on any atom is 0.330 e. The van der Waals surface area contributed by atoms with Crippen molar-refractivity contribution < 1.29 is 9.18 Å². The average molecular weight is 287 g/mol. The predicted octanol–water partition coefficient (Wildman–Crippen LogP) is 2.23. The lowest BCUT2D eigenvalue weighted by molar-refractivity contribution is 0.251. The molecule has 0 saturated carbocycles. The molecule has 0 atom stereocenters. The Kier molecular flexibility index (Phi) is 3.17. The topological polar surface area (TPSA) is 61.4 Å². The number of nitrogens with zero attached hydrogens (tertiary/aromatic N) is 4. The van der Waals surface area contributed by atoms with Gasteiger partial charge in [0.15, 0.2) is 0 Å². The molecule has 0 saturated heterocycles. The van der Waals surface area contributed by atoms with Crippen LogP contribution >= 0.6 is 0 Å². The monoisotopic (exact) mass is 287 g/mol. The van der Waals surface area contributed by atoms with Crippen molar-refractivity contribution in [1.29, 1.82) is 0 Å². The number of amides is 2. The Hall–Kier alpha value is -2.70. The summed E-state index contributed by atoms with van der Waals surface area (Å²) in [4.78, 5) is 23.8. The van der Waals surface area contributed by atoms with Crippen molar-refractivity contribution in [3.63, 3.8) is 0 Å². The van der Waals surface area contributed by atoms with Crippen LogP contribution in [0.2, 0.25) is 0 Å². The molecule has 1 aliphatic heterocycles. The van der Waals surface area contributed by atoms with E-state index in [1.165, 1.54) is 21.9 Å². The van der Waals surface area contributed by atoms with E-state index >= 15 is 0 Å². The molecule has 1 aliphatic rings. The molecule has 2 aromatic rings. The lowest BCUT2D eigenvalue weighted by Gasteiger charge is -2.34. The molecular weight excluding hydrogens is 273 g/mol. The van der Waals surface area contributed by atoms with Gasteiger partial charge >= 0.3 is 6.03 Å². The number of nitrogens with one attached hydrogen (secondary N) is 1. The highest BCUT2D eigenvalue weighted by atomic mass is 19.1. The van der Waals surface area contributed by atoms with Gasteiger partial charge in [-0.2, -0.15) is 4.98 Å². The third-order valence-corrected chi connectivity index (χ3v) is 3.35. The molecule has 0 spiro atoms. The van der Waals surface area contributed by atoms with Crippen molar-refractivity contribution >= 4 is 23.5 Å². The van der Waals surface area contributed by atoms with Crippen LogP contribution in [0.3, 0.4) is 0 Å². The minimum Gasteiger partial charge on any atom is -0.357 e. The second kappa shape index (κ2) is 5.01. The van der Waals surface area contributed by atoms with Gasteiger partial charge in [0, 0.05) is 31.5 Å². The number of hydrogen-bond acceptors (Lipinski definition) is 4. The third kappa shape index (κ3) is 2.26. The fourth-order valence-electron chi connectivity index (χ4n) is 2.28. The number of fused-ring (bicyclic) bond motifs is 1. The Balaban J connectivity index is 2.02. The Morgan fingerprint density at radius 2 is 2.19 bits per heavy atom. The predicted molar refractivity (Wildman–Crippen MR) is 78.0 cm³/mol. The van der Waals surface area contributed by atoms with Crippen LogP contribution in [0.25, 0.3) is 0 Å². The van der Waals surface area contributed by atoms with Crippen LogP contribution in [0.1, 0.15) is 5.56 Å². The van der Waals surface area contributed by atoms with E-state index in [0.29, 0.717) is 24.0 Å². The molecule has 1 aromatic carbocycles. The second-order valence-corrected chi connectivity index (χ2v) is 4.70. The zero-order chi connectivity index (χ0) is 15.0. The van der Waals surface area contributed by atoms with Crippen molar-refractivity contribution in [1.82, 2.24) is 9.97 Å². The van der Waals surface area contributed by atoms with E-state index in [1.807, 2.05) is 0 Å². The summed E-state index contributed by atoms with van der Waals surface area (Å²) in [6.07, 6.45) is 1.67. The molecule has 108 valence electrons. The van der Waals surface area contributed by atoms with Crippen LogP contribution in [-0.2, 0) is 6.54 Å². The highest BCUT2D eigenvalue weighted by molar-refractivity contribution is 6.05. The number of benzene rings is 1. The fraction of sp³-hybridized carbons (Fsp3) is 0.214. The Bertz CT molecular complexity index is 706. The lowest BCUT2D eigenvalue weighted by atomic mass is 10.2. The molecule has 0 fully saturated rings. The molecule has 1 N–H and O–H groups in total. The molecule has 0 bridgehead atoms. The summed E-state index contributed by atoms with van der Waals surface area (Å²) in [5, 5.41) is 2.84. The number of anilines is 3. The maximum absolute atomic E-state index is 13.4. The minimum atomic E-state index is -0.379. The average Bonchev–Trinajstić information content (AvgIpc) is 2.50. The number of carbonyl (C=O) groups is 1. The quantitative estimate of drug-likeness (QED) is 0.920. The van der Waals surface area contributed by atoms with Crippen LogP contribution in [0.15, 0.2) is 30.5 Å². The highest BCUT2D eigenvalue weighted by Gasteiger charge is 2.30. The third-order valence-electron chi connectivity index (χ3n) is 3.35. The lowest BCUT2D eigenvalue weighted by Crippen LogP contribution is -2.46. The first-order chi connectivity index (χ1) is 10.1.